The molecule has 1 saturated carbocycles. The summed E-state index contributed by atoms with van der Waals surface area (Å²) in [4.78, 5) is 18.2. The Kier molecular flexibility index (Phi) is 4.89. The molecule has 1 aromatic carbocycles. The molecule has 128 valence electrons. The van der Waals surface area contributed by atoms with E-state index in [1.54, 1.807) is 24.0 Å². The zero-order valence-electron chi connectivity index (χ0n) is 13.5. The normalized spacial score (nSPS) is 14.0. The summed E-state index contributed by atoms with van der Waals surface area (Å²) < 4.78 is 18.5. The van der Waals surface area contributed by atoms with E-state index in [4.69, 9.17) is 9.63 Å². The summed E-state index contributed by atoms with van der Waals surface area (Å²) in [6, 6.07) is 4.89. The van der Waals surface area contributed by atoms with Crippen LogP contribution in [-0.4, -0.2) is 45.2 Å². The van der Waals surface area contributed by atoms with Crippen molar-refractivity contribution in [3.05, 3.63) is 35.5 Å². The van der Waals surface area contributed by atoms with Gasteiger partial charge in [-0.3, -0.25) is 4.79 Å². The second-order valence-corrected chi connectivity index (χ2v) is 6.02. The smallest absolute Gasteiger partial charge is 0.227 e. The number of carbonyl (C=O) groups is 1. The van der Waals surface area contributed by atoms with Crippen LogP contribution >= 0.6 is 0 Å². The Morgan fingerprint density at radius 3 is 2.92 bits per heavy atom. The van der Waals surface area contributed by atoms with Crippen molar-refractivity contribution in [2.24, 2.45) is 0 Å². The first kappa shape index (κ1) is 16.6. The van der Waals surface area contributed by atoms with Crippen LogP contribution in [0.4, 0.5) is 4.39 Å². The number of aliphatic hydroxyl groups excluding tert-OH is 1. The van der Waals surface area contributed by atoms with Gasteiger partial charge in [-0.25, -0.2) is 4.39 Å². The molecule has 3 rings (SSSR count). The molecule has 1 heterocycles. The molecule has 1 amide bonds. The van der Waals surface area contributed by atoms with E-state index in [9.17, 15) is 9.18 Å². The third kappa shape index (κ3) is 3.79. The van der Waals surface area contributed by atoms with Gasteiger partial charge in [-0.2, -0.15) is 4.98 Å². The third-order valence-electron chi connectivity index (χ3n) is 4.09. The SMILES string of the molecule is Cc1cc(-c2noc(CCC(=O)N(CCO)C3CC3)n2)ccc1F. The fourth-order valence-electron chi connectivity index (χ4n) is 2.62. The number of hydrogen-bond acceptors (Lipinski definition) is 5. The highest BCUT2D eigenvalue weighted by atomic mass is 19.1. The van der Waals surface area contributed by atoms with Crippen molar-refractivity contribution >= 4 is 5.91 Å². The number of hydrogen-bond donors (Lipinski definition) is 1. The van der Waals surface area contributed by atoms with Crippen LogP contribution in [0, 0.1) is 12.7 Å². The van der Waals surface area contributed by atoms with E-state index < -0.39 is 0 Å². The van der Waals surface area contributed by atoms with Crippen LogP contribution in [-0.2, 0) is 11.2 Å². The number of rotatable bonds is 7. The van der Waals surface area contributed by atoms with Gasteiger partial charge in [0.15, 0.2) is 0 Å². The van der Waals surface area contributed by atoms with E-state index in [1.807, 2.05) is 0 Å². The van der Waals surface area contributed by atoms with E-state index in [0.717, 1.165) is 12.8 Å². The molecule has 24 heavy (non-hydrogen) atoms. The molecular formula is C17H20FN3O3. The quantitative estimate of drug-likeness (QED) is 0.839. The molecule has 0 atom stereocenters. The lowest BCUT2D eigenvalue weighted by Gasteiger charge is -2.20. The van der Waals surface area contributed by atoms with Crippen LogP contribution in [0.5, 0.6) is 0 Å². The number of aryl methyl sites for hydroxylation is 2. The molecule has 1 aliphatic rings. The summed E-state index contributed by atoms with van der Waals surface area (Å²) in [6.45, 7) is 2.01. The van der Waals surface area contributed by atoms with Crippen molar-refractivity contribution in [2.45, 2.75) is 38.6 Å². The standard InChI is InChI=1S/C17H20FN3O3/c1-11-10-12(2-5-14(11)18)17-19-15(24-20-17)6-7-16(23)21(8-9-22)13-3-4-13/h2,5,10,13,22H,3-4,6-9H2,1H3. The molecule has 6 nitrogen and oxygen atoms in total. The number of benzene rings is 1. The molecule has 2 aromatic rings. The molecular weight excluding hydrogens is 313 g/mol. The summed E-state index contributed by atoms with van der Waals surface area (Å²) >= 11 is 0. The first-order valence-electron chi connectivity index (χ1n) is 8.08. The Hall–Kier alpha value is -2.28. The highest BCUT2D eigenvalue weighted by Crippen LogP contribution is 2.27. The van der Waals surface area contributed by atoms with Crippen LogP contribution in [0.1, 0.15) is 30.7 Å². The molecule has 0 radical (unpaired) electrons. The number of aliphatic hydroxyl groups is 1. The lowest BCUT2D eigenvalue weighted by Crippen LogP contribution is -2.35. The summed E-state index contributed by atoms with van der Waals surface area (Å²) in [6.07, 6.45) is 2.61. The van der Waals surface area contributed by atoms with E-state index in [1.165, 1.54) is 6.07 Å². The van der Waals surface area contributed by atoms with E-state index in [-0.39, 0.29) is 30.8 Å². The van der Waals surface area contributed by atoms with Crippen molar-refractivity contribution in [3.8, 4) is 11.4 Å². The van der Waals surface area contributed by atoms with Crippen molar-refractivity contribution in [3.63, 3.8) is 0 Å². The number of carbonyl (C=O) groups excluding carboxylic acids is 1. The molecule has 1 aliphatic carbocycles. The van der Waals surface area contributed by atoms with Gasteiger partial charge in [-0.05, 0) is 43.5 Å². The third-order valence-corrected chi connectivity index (χ3v) is 4.09. The van der Waals surface area contributed by atoms with Crippen LogP contribution in [0.3, 0.4) is 0 Å². The van der Waals surface area contributed by atoms with Crippen LogP contribution in [0.15, 0.2) is 22.7 Å². The fraction of sp³-hybridized carbons (Fsp3) is 0.471. The first-order chi connectivity index (χ1) is 11.6. The Bertz CT molecular complexity index is 728. The van der Waals surface area contributed by atoms with Gasteiger partial charge < -0.3 is 14.5 Å². The lowest BCUT2D eigenvalue weighted by atomic mass is 10.1. The number of halogens is 1. The zero-order valence-corrected chi connectivity index (χ0v) is 13.5. The monoisotopic (exact) mass is 333 g/mol. The maximum absolute atomic E-state index is 13.3. The van der Waals surface area contributed by atoms with Crippen LogP contribution < -0.4 is 0 Å². The van der Waals surface area contributed by atoms with Gasteiger partial charge in [0.05, 0.1) is 6.61 Å². The summed E-state index contributed by atoms with van der Waals surface area (Å²) in [7, 11) is 0. The van der Waals surface area contributed by atoms with Gasteiger partial charge in [-0.15, -0.1) is 0 Å². The highest BCUT2D eigenvalue weighted by Gasteiger charge is 2.31. The fourth-order valence-corrected chi connectivity index (χ4v) is 2.62. The minimum Gasteiger partial charge on any atom is -0.395 e. The average molecular weight is 333 g/mol. The predicted molar refractivity (Wildman–Crippen MR) is 84.6 cm³/mol. The topological polar surface area (TPSA) is 79.5 Å². The van der Waals surface area contributed by atoms with E-state index in [2.05, 4.69) is 10.1 Å². The minimum absolute atomic E-state index is 0.0103. The Morgan fingerprint density at radius 2 is 2.25 bits per heavy atom. The molecule has 0 spiro atoms. The summed E-state index contributed by atoms with van der Waals surface area (Å²) in [5.74, 6) is 0.469. The largest absolute Gasteiger partial charge is 0.395 e. The van der Waals surface area contributed by atoms with Crippen molar-refractivity contribution in [1.29, 1.82) is 0 Å². The molecule has 0 bridgehead atoms. The predicted octanol–water partition coefficient (Wildman–Crippen LogP) is 2.10. The Morgan fingerprint density at radius 1 is 1.46 bits per heavy atom. The first-order valence-corrected chi connectivity index (χ1v) is 8.08. The lowest BCUT2D eigenvalue weighted by molar-refractivity contribution is -0.132. The number of amides is 1. The highest BCUT2D eigenvalue weighted by molar-refractivity contribution is 5.77. The van der Waals surface area contributed by atoms with Crippen molar-refractivity contribution in [2.75, 3.05) is 13.2 Å². The number of aromatic nitrogens is 2. The molecule has 1 N–H and O–H groups in total. The van der Waals surface area contributed by atoms with Gasteiger partial charge >= 0.3 is 0 Å². The minimum atomic E-state index is -0.280. The van der Waals surface area contributed by atoms with Gasteiger partial charge in [0.2, 0.25) is 17.6 Å². The second kappa shape index (κ2) is 7.09. The van der Waals surface area contributed by atoms with E-state index in [0.29, 0.717) is 35.8 Å². The molecule has 1 fully saturated rings. The van der Waals surface area contributed by atoms with Crippen LogP contribution in [0.25, 0.3) is 11.4 Å². The van der Waals surface area contributed by atoms with Gasteiger partial charge in [0.25, 0.3) is 0 Å². The van der Waals surface area contributed by atoms with Gasteiger partial charge in [0.1, 0.15) is 5.82 Å². The van der Waals surface area contributed by atoms with Gasteiger partial charge in [0, 0.05) is 31.0 Å². The molecule has 7 heteroatoms. The van der Waals surface area contributed by atoms with E-state index >= 15 is 0 Å². The zero-order chi connectivity index (χ0) is 17.1. The molecule has 0 unspecified atom stereocenters. The maximum atomic E-state index is 13.3. The average Bonchev–Trinajstić information content (AvgIpc) is 3.30. The molecule has 1 aromatic heterocycles. The number of nitrogens with zero attached hydrogens (tertiary/aromatic N) is 3. The second-order valence-electron chi connectivity index (χ2n) is 6.02. The summed E-state index contributed by atoms with van der Waals surface area (Å²) in [5.41, 5.74) is 1.19. The summed E-state index contributed by atoms with van der Waals surface area (Å²) in [5, 5.41) is 12.9. The molecule has 0 saturated heterocycles. The molecule has 0 aliphatic heterocycles. The van der Waals surface area contributed by atoms with Crippen molar-refractivity contribution < 1.29 is 18.8 Å². The van der Waals surface area contributed by atoms with Crippen molar-refractivity contribution in [1.82, 2.24) is 15.0 Å². The Balaban J connectivity index is 1.61. The Labute approximate surface area is 139 Å². The van der Waals surface area contributed by atoms with Crippen LogP contribution in [0.2, 0.25) is 0 Å². The van der Waals surface area contributed by atoms with Gasteiger partial charge in [-0.1, -0.05) is 5.16 Å². The maximum Gasteiger partial charge on any atom is 0.227 e.